The highest BCUT2D eigenvalue weighted by Gasteiger charge is 2.09. The number of esters is 1. The SMILES string of the molecule is CCCCCCCCc1ccc(OC(=O)c2ccc(OCCC[C@@H](C)CCCl)cc2)cc1. The van der Waals surface area contributed by atoms with Crippen LogP contribution in [0.5, 0.6) is 11.5 Å². The minimum atomic E-state index is -0.352. The van der Waals surface area contributed by atoms with Crippen molar-refractivity contribution in [1.82, 2.24) is 0 Å². The second-order valence-electron chi connectivity index (χ2n) is 8.65. The predicted molar refractivity (Wildman–Crippen MR) is 134 cm³/mol. The average molecular weight is 459 g/mol. The van der Waals surface area contributed by atoms with Crippen molar-refractivity contribution in [2.75, 3.05) is 12.5 Å². The van der Waals surface area contributed by atoms with Gasteiger partial charge in [-0.2, -0.15) is 0 Å². The first kappa shape index (κ1) is 26.3. The van der Waals surface area contributed by atoms with E-state index in [4.69, 9.17) is 21.1 Å². The van der Waals surface area contributed by atoms with Crippen molar-refractivity contribution in [2.24, 2.45) is 5.92 Å². The van der Waals surface area contributed by atoms with Gasteiger partial charge in [0.05, 0.1) is 12.2 Å². The number of benzene rings is 2. The number of alkyl halides is 1. The van der Waals surface area contributed by atoms with Crippen molar-refractivity contribution < 1.29 is 14.3 Å². The summed E-state index contributed by atoms with van der Waals surface area (Å²) in [6, 6.07) is 15.0. The predicted octanol–water partition coefficient (Wildman–Crippen LogP) is 8.23. The van der Waals surface area contributed by atoms with E-state index in [0.29, 0.717) is 29.7 Å². The van der Waals surface area contributed by atoms with Gasteiger partial charge in [0, 0.05) is 5.88 Å². The number of unbranched alkanes of at least 4 members (excludes halogenated alkanes) is 5. The largest absolute Gasteiger partial charge is 0.494 e. The fourth-order valence-electron chi connectivity index (χ4n) is 3.64. The summed E-state index contributed by atoms with van der Waals surface area (Å²) in [6.45, 7) is 5.12. The summed E-state index contributed by atoms with van der Waals surface area (Å²) in [5.41, 5.74) is 1.81. The Kier molecular flexibility index (Phi) is 12.9. The average Bonchev–Trinajstić information content (AvgIpc) is 2.80. The van der Waals surface area contributed by atoms with Crippen LogP contribution < -0.4 is 9.47 Å². The molecule has 2 aromatic rings. The van der Waals surface area contributed by atoms with E-state index >= 15 is 0 Å². The van der Waals surface area contributed by atoms with Gasteiger partial charge in [-0.15, -0.1) is 11.6 Å². The van der Waals surface area contributed by atoms with Gasteiger partial charge in [0.15, 0.2) is 0 Å². The van der Waals surface area contributed by atoms with Crippen LogP contribution in [0.2, 0.25) is 0 Å². The zero-order valence-corrected chi connectivity index (χ0v) is 20.5. The first-order chi connectivity index (χ1) is 15.6. The molecule has 0 spiro atoms. The Hall–Kier alpha value is -2.00. The normalized spacial score (nSPS) is 11.8. The van der Waals surface area contributed by atoms with E-state index in [1.807, 2.05) is 24.3 Å². The first-order valence-electron chi connectivity index (χ1n) is 12.2. The van der Waals surface area contributed by atoms with Crippen LogP contribution in [0.15, 0.2) is 48.5 Å². The van der Waals surface area contributed by atoms with Crippen LogP contribution in [0, 0.1) is 5.92 Å². The van der Waals surface area contributed by atoms with Gasteiger partial charge >= 0.3 is 5.97 Å². The minimum Gasteiger partial charge on any atom is -0.494 e. The molecule has 0 unspecified atom stereocenters. The molecule has 0 saturated carbocycles. The first-order valence-corrected chi connectivity index (χ1v) is 12.8. The minimum absolute atomic E-state index is 0.352. The van der Waals surface area contributed by atoms with Crippen molar-refractivity contribution >= 4 is 17.6 Å². The summed E-state index contributed by atoms with van der Waals surface area (Å²) >= 11 is 5.77. The lowest BCUT2D eigenvalue weighted by Gasteiger charge is -2.10. The van der Waals surface area contributed by atoms with Crippen LogP contribution in [-0.2, 0) is 6.42 Å². The number of aryl methyl sites for hydroxylation is 1. The van der Waals surface area contributed by atoms with Crippen LogP contribution in [-0.4, -0.2) is 18.5 Å². The lowest BCUT2D eigenvalue weighted by atomic mass is 10.0. The number of ether oxygens (including phenoxy) is 2. The molecule has 0 aromatic heterocycles. The number of carbonyl (C=O) groups is 1. The number of rotatable bonds is 16. The number of halogens is 1. The molecule has 0 aliphatic rings. The molecule has 2 rings (SSSR count). The Morgan fingerprint density at radius 1 is 0.844 bits per heavy atom. The summed E-state index contributed by atoms with van der Waals surface area (Å²) in [5.74, 6) is 2.33. The molecule has 0 amide bonds. The highest BCUT2D eigenvalue weighted by atomic mass is 35.5. The van der Waals surface area contributed by atoms with Crippen LogP contribution in [0.1, 0.15) is 87.6 Å². The van der Waals surface area contributed by atoms with Crippen molar-refractivity contribution in [2.45, 2.75) is 78.1 Å². The molecule has 176 valence electrons. The maximum atomic E-state index is 12.4. The maximum Gasteiger partial charge on any atom is 0.343 e. The summed E-state index contributed by atoms with van der Waals surface area (Å²) in [4.78, 5) is 12.4. The Labute approximate surface area is 199 Å². The summed E-state index contributed by atoms with van der Waals surface area (Å²) in [7, 11) is 0. The molecule has 0 radical (unpaired) electrons. The van der Waals surface area contributed by atoms with Crippen LogP contribution >= 0.6 is 11.6 Å². The van der Waals surface area contributed by atoms with Gasteiger partial charge in [0.25, 0.3) is 0 Å². The van der Waals surface area contributed by atoms with Crippen molar-refractivity contribution in [3.63, 3.8) is 0 Å². The second kappa shape index (κ2) is 15.7. The van der Waals surface area contributed by atoms with Crippen LogP contribution in [0.3, 0.4) is 0 Å². The van der Waals surface area contributed by atoms with Crippen molar-refractivity contribution in [3.8, 4) is 11.5 Å². The topological polar surface area (TPSA) is 35.5 Å². The van der Waals surface area contributed by atoms with E-state index in [1.54, 1.807) is 12.1 Å². The summed E-state index contributed by atoms with van der Waals surface area (Å²) < 4.78 is 11.3. The molecular weight excluding hydrogens is 420 g/mol. The van der Waals surface area contributed by atoms with Gasteiger partial charge in [-0.1, -0.05) is 58.1 Å². The molecule has 0 aliphatic carbocycles. The Morgan fingerprint density at radius 2 is 1.50 bits per heavy atom. The van der Waals surface area contributed by atoms with Gasteiger partial charge in [-0.25, -0.2) is 4.79 Å². The van der Waals surface area contributed by atoms with E-state index in [1.165, 1.54) is 44.1 Å². The fourth-order valence-corrected chi connectivity index (χ4v) is 4.01. The van der Waals surface area contributed by atoms with Crippen molar-refractivity contribution in [3.05, 3.63) is 59.7 Å². The number of hydrogen-bond donors (Lipinski definition) is 0. The van der Waals surface area contributed by atoms with Crippen molar-refractivity contribution in [1.29, 1.82) is 0 Å². The highest BCUT2D eigenvalue weighted by molar-refractivity contribution is 6.17. The fraction of sp³-hybridized carbons (Fsp3) is 0.536. The van der Waals surface area contributed by atoms with Gasteiger partial charge in [-0.3, -0.25) is 0 Å². The quantitative estimate of drug-likeness (QED) is 0.110. The lowest BCUT2D eigenvalue weighted by molar-refractivity contribution is 0.0734. The standard InChI is InChI=1S/C28H39ClO3/c1-3-4-5-6-7-8-11-24-12-16-27(17-13-24)32-28(30)25-14-18-26(19-15-25)31-22-9-10-23(2)20-21-29/h12-19,23H,3-11,20-22H2,1-2H3/t23-/m1/s1. The summed E-state index contributed by atoms with van der Waals surface area (Å²) in [6.07, 6.45) is 12.0. The molecule has 4 heteroatoms. The number of carbonyl (C=O) groups excluding carboxylic acids is 1. The molecule has 0 aliphatic heterocycles. The molecule has 0 N–H and O–H groups in total. The third kappa shape index (κ3) is 10.5. The number of hydrogen-bond acceptors (Lipinski definition) is 3. The molecule has 0 heterocycles. The van der Waals surface area contributed by atoms with E-state index in [-0.39, 0.29) is 5.97 Å². The molecular formula is C28H39ClO3. The van der Waals surface area contributed by atoms with E-state index in [9.17, 15) is 4.79 Å². The Balaban J connectivity index is 1.70. The smallest absolute Gasteiger partial charge is 0.343 e. The van der Waals surface area contributed by atoms with E-state index in [2.05, 4.69) is 26.0 Å². The molecule has 2 aromatic carbocycles. The molecule has 3 nitrogen and oxygen atoms in total. The second-order valence-corrected chi connectivity index (χ2v) is 9.03. The molecule has 32 heavy (non-hydrogen) atoms. The van der Waals surface area contributed by atoms with Gasteiger partial charge in [-0.05, 0) is 80.0 Å². The van der Waals surface area contributed by atoms with Gasteiger partial charge in [0.2, 0.25) is 0 Å². The van der Waals surface area contributed by atoms with E-state index < -0.39 is 0 Å². The van der Waals surface area contributed by atoms with Crippen LogP contribution in [0.25, 0.3) is 0 Å². The zero-order chi connectivity index (χ0) is 23.0. The zero-order valence-electron chi connectivity index (χ0n) is 19.8. The summed E-state index contributed by atoms with van der Waals surface area (Å²) in [5, 5.41) is 0. The molecule has 0 bridgehead atoms. The highest BCUT2D eigenvalue weighted by Crippen LogP contribution is 2.19. The lowest BCUT2D eigenvalue weighted by Crippen LogP contribution is -2.08. The molecule has 1 atom stereocenters. The van der Waals surface area contributed by atoms with Gasteiger partial charge < -0.3 is 9.47 Å². The van der Waals surface area contributed by atoms with Gasteiger partial charge in [0.1, 0.15) is 11.5 Å². The Morgan fingerprint density at radius 3 is 2.19 bits per heavy atom. The third-order valence-electron chi connectivity index (χ3n) is 5.75. The maximum absolute atomic E-state index is 12.4. The Bertz CT molecular complexity index is 755. The molecule has 0 saturated heterocycles. The van der Waals surface area contributed by atoms with E-state index in [0.717, 1.165) is 31.4 Å². The molecule has 0 fully saturated rings. The third-order valence-corrected chi connectivity index (χ3v) is 5.97. The monoisotopic (exact) mass is 458 g/mol. The van der Waals surface area contributed by atoms with Crippen LogP contribution in [0.4, 0.5) is 0 Å².